The predicted molar refractivity (Wildman–Crippen MR) is 81.8 cm³/mol. The molecule has 0 aliphatic carbocycles. The van der Waals surface area contributed by atoms with E-state index < -0.39 is 0 Å². The quantitative estimate of drug-likeness (QED) is 0.449. The van der Waals surface area contributed by atoms with Crippen LogP contribution in [0.25, 0.3) is 0 Å². The number of esters is 1. The van der Waals surface area contributed by atoms with Crippen LogP contribution in [0.3, 0.4) is 0 Å². The fourth-order valence-electron chi connectivity index (χ4n) is 1.84. The number of hydrogen-bond acceptors (Lipinski definition) is 3. The zero-order chi connectivity index (χ0) is 15.6. The minimum absolute atomic E-state index is 0.158. The highest BCUT2D eigenvalue weighted by Crippen LogP contribution is 2.00. The zero-order valence-corrected chi connectivity index (χ0v) is 12.2. The second-order valence-electron chi connectivity index (χ2n) is 4.72. The fourth-order valence-corrected chi connectivity index (χ4v) is 1.84. The molecule has 22 heavy (non-hydrogen) atoms. The van der Waals surface area contributed by atoms with Crippen LogP contribution >= 0.6 is 0 Å². The van der Waals surface area contributed by atoms with Gasteiger partial charge in [0.25, 0.3) is 5.91 Å². The van der Waals surface area contributed by atoms with E-state index in [-0.39, 0.29) is 25.0 Å². The molecule has 2 aromatic rings. The summed E-state index contributed by atoms with van der Waals surface area (Å²) in [6, 6.07) is 18.4. The van der Waals surface area contributed by atoms with Crippen molar-refractivity contribution in [2.45, 2.75) is 6.61 Å². The summed E-state index contributed by atoms with van der Waals surface area (Å²) in [5, 5.41) is 4.41. The molecule has 0 saturated heterocycles. The van der Waals surface area contributed by atoms with Crippen LogP contribution in [0.1, 0.15) is 15.9 Å². The van der Waals surface area contributed by atoms with Crippen LogP contribution in [-0.2, 0) is 16.1 Å². The highest BCUT2D eigenvalue weighted by molar-refractivity contribution is 5.93. The van der Waals surface area contributed by atoms with Crippen molar-refractivity contribution in [3.05, 3.63) is 71.8 Å². The molecule has 5 nitrogen and oxygen atoms in total. The smallest absolute Gasteiger partial charge is 0.362 e. The lowest BCUT2D eigenvalue weighted by atomic mass is 10.2. The molecule has 0 unspecified atom stereocenters. The molecule has 0 fully saturated rings. The largest absolute Gasteiger partial charge is 0.457 e. The molecule has 0 saturated carbocycles. The maximum absolute atomic E-state index is 11.8. The van der Waals surface area contributed by atoms with Gasteiger partial charge in [-0.25, -0.2) is 4.79 Å². The van der Waals surface area contributed by atoms with Crippen molar-refractivity contribution < 1.29 is 19.6 Å². The van der Waals surface area contributed by atoms with E-state index in [1.807, 2.05) is 36.4 Å². The third kappa shape index (κ3) is 5.38. The van der Waals surface area contributed by atoms with Gasteiger partial charge in [0, 0.05) is 5.56 Å². The number of carbonyl (C=O) groups excluding carboxylic acids is 2. The third-order valence-electron chi connectivity index (χ3n) is 3.00. The van der Waals surface area contributed by atoms with Gasteiger partial charge >= 0.3 is 5.97 Å². The van der Waals surface area contributed by atoms with Crippen LogP contribution in [0, 0.1) is 0 Å². The fraction of sp³-hybridized carbons (Fsp3) is 0.176. The average molecular weight is 299 g/mol. The zero-order valence-electron chi connectivity index (χ0n) is 12.2. The van der Waals surface area contributed by atoms with E-state index in [9.17, 15) is 9.59 Å². The Bertz CT molecular complexity index is 600. The number of nitrogens with two attached hydrogens (primary N) is 1. The van der Waals surface area contributed by atoms with E-state index in [0.29, 0.717) is 12.2 Å². The lowest BCUT2D eigenvalue weighted by Gasteiger charge is -2.06. The van der Waals surface area contributed by atoms with Crippen LogP contribution in [0.5, 0.6) is 0 Å². The molecule has 1 amide bonds. The SMILES string of the molecule is O=C(C[NH2+]CNC(=O)c1ccccc1)OCc1ccccc1. The maximum atomic E-state index is 11.8. The van der Waals surface area contributed by atoms with Crippen molar-refractivity contribution in [2.24, 2.45) is 0 Å². The van der Waals surface area contributed by atoms with Crippen LogP contribution < -0.4 is 10.6 Å². The standard InChI is InChI=1S/C17H18N2O3/c20-16(22-12-14-7-3-1-4-8-14)11-18-13-19-17(21)15-9-5-2-6-10-15/h1-10,18H,11-13H2,(H,19,21)/p+1. The summed E-state index contributed by atoms with van der Waals surface area (Å²) in [7, 11) is 0. The third-order valence-corrected chi connectivity index (χ3v) is 3.00. The molecule has 0 aliphatic heterocycles. The number of nitrogens with one attached hydrogen (secondary N) is 1. The Morgan fingerprint density at radius 3 is 2.27 bits per heavy atom. The average Bonchev–Trinajstić information content (AvgIpc) is 2.58. The molecule has 114 valence electrons. The molecular weight excluding hydrogens is 280 g/mol. The van der Waals surface area contributed by atoms with Crippen LogP contribution in [-0.4, -0.2) is 25.1 Å². The number of ether oxygens (including phenoxy) is 1. The van der Waals surface area contributed by atoms with Gasteiger partial charge in [0.2, 0.25) is 0 Å². The number of rotatable bonds is 7. The van der Waals surface area contributed by atoms with Crippen LogP contribution in [0.2, 0.25) is 0 Å². The van der Waals surface area contributed by atoms with Gasteiger partial charge in [-0.3, -0.25) is 4.79 Å². The van der Waals surface area contributed by atoms with Crippen LogP contribution in [0.4, 0.5) is 0 Å². The van der Waals surface area contributed by atoms with Crippen molar-refractivity contribution >= 4 is 11.9 Å². The molecule has 0 aromatic heterocycles. The maximum Gasteiger partial charge on any atom is 0.362 e. The number of benzene rings is 2. The Morgan fingerprint density at radius 1 is 0.955 bits per heavy atom. The lowest BCUT2D eigenvalue weighted by Crippen LogP contribution is -2.89. The molecule has 0 bridgehead atoms. The van der Waals surface area contributed by atoms with Gasteiger partial charge in [0.05, 0.1) is 0 Å². The van der Waals surface area contributed by atoms with Crippen molar-refractivity contribution in [1.82, 2.24) is 5.32 Å². The van der Waals surface area contributed by atoms with E-state index in [2.05, 4.69) is 5.32 Å². The number of hydrogen-bond donors (Lipinski definition) is 2. The van der Waals surface area contributed by atoms with E-state index >= 15 is 0 Å². The second-order valence-corrected chi connectivity index (χ2v) is 4.72. The Kier molecular flexibility index (Phi) is 6.14. The Hall–Kier alpha value is -2.66. The summed E-state index contributed by atoms with van der Waals surface area (Å²) in [4.78, 5) is 23.3. The minimum Gasteiger partial charge on any atom is -0.457 e. The molecule has 0 spiro atoms. The molecule has 5 heteroatoms. The monoisotopic (exact) mass is 299 g/mol. The number of quaternary nitrogens is 1. The number of amides is 1. The van der Waals surface area contributed by atoms with E-state index in [0.717, 1.165) is 5.56 Å². The summed E-state index contributed by atoms with van der Waals surface area (Å²) in [6.07, 6.45) is 0. The Labute approximate surface area is 129 Å². The van der Waals surface area contributed by atoms with Crippen molar-refractivity contribution in [1.29, 1.82) is 0 Å². The van der Waals surface area contributed by atoms with E-state index in [1.54, 1.807) is 29.6 Å². The molecule has 0 heterocycles. The van der Waals surface area contributed by atoms with Gasteiger partial charge in [0.15, 0.2) is 13.2 Å². The van der Waals surface area contributed by atoms with E-state index in [1.165, 1.54) is 0 Å². The van der Waals surface area contributed by atoms with Gasteiger partial charge in [-0.2, -0.15) is 0 Å². The summed E-state index contributed by atoms with van der Waals surface area (Å²) < 4.78 is 5.14. The van der Waals surface area contributed by atoms with Crippen molar-refractivity contribution in [3.8, 4) is 0 Å². The Morgan fingerprint density at radius 2 is 1.59 bits per heavy atom. The minimum atomic E-state index is -0.308. The normalized spacial score (nSPS) is 10.0. The summed E-state index contributed by atoms with van der Waals surface area (Å²) >= 11 is 0. The van der Waals surface area contributed by atoms with Crippen LogP contribution in [0.15, 0.2) is 60.7 Å². The molecule has 0 radical (unpaired) electrons. The summed E-state index contributed by atoms with van der Waals surface area (Å²) in [6.45, 7) is 0.764. The number of carbonyl (C=O) groups is 2. The first kappa shape index (κ1) is 15.7. The second kappa shape index (κ2) is 8.59. The molecule has 3 N–H and O–H groups in total. The molecule has 0 atom stereocenters. The highest BCUT2D eigenvalue weighted by Gasteiger charge is 2.07. The summed E-state index contributed by atoms with van der Waals surface area (Å²) in [5.41, 5.74) is 1.55. The lowest BCUT2D eigenvalue weighted by molar-refractivity contribution is -0.647. The first-order valence-electron chi connectivity index (χ1n) is 7.10. The molecule has 0 aliphatic rings. The van der Waals surface area contributed by atoms with Gasteiger partial charge in [0.1, 0.15) is 6.61 Å². The first-order valence-corrected chi connectivity index (χ1v) is 7.10. The topological polar surface area (TPSA) is 72.0 Å². The molecular formula is C17H19N2O3+. The summed E-state index contributed by atoms with van der Waals surface area (Å²) in [5.74, 6) is -0.465. The molecule has 2 rings (SSSR count). The van der Waals surface area contributed by atoms with Crippen molar-refractivity contribution in [2.75, 3.05) is 13.2 Å². The predicted octanol–water partition coefficient (Wildman–Crippen LogP) is 0.681. The molecule has 2 aromatic carbocycles. The first-order chi connectivity index (χ1) is 10.8. The van der Waals surface area contributed by atoms with E-state index in [4.69, 9.17) is 4.74 Å². The van der Waals surface area contributed by atoms with Crippen molar-refractivity contribution in [3.63, 3.8) is 0 Å². The van der Waals surface area contributed by atoms with Gasteiger partial charge in [-0.05, 0) is 17.7 Å². The highest BCUT2D eigenvalue weighted by atomic mass is 16.5. The van der Waals surface area contributed by atoms with Gasteiger partial charge in [-0.15, -0.1) is 0 Å². The Balaban J connectivity index is 1.60. The van der Waals surface area contributed by atoms with Gasteiger partial charge < -0.3 is 15.4 Å². The van der Waals surface area contributed by atoms with Gasteiger partial charge in [-0.1, -0.05) is 48.5 Å².